The highest BCUT2D eigenvalue weighted by Crippen LogP contribution is 2.31. The summed E-state index contributed by atoms with van der Waals surface area (Å²) in [6.07, 6.45) is 2.82. The molecule has 0 aliphatic heterocycles. The molecule has 35 heavy (non-hydrogen) atoms. The van der Waals surface area contributed by atoms with Crippen LogP contribution in [0.3, 0.4) is 0 Å². The predicted molar refractivity (Wildman–Crippen MR) is 133 cm³/mol. The number of rotatable bonds is 8. The molecule has 0 radical (unpaired) electrons. The van der Waals surface area contributed by atoms with Crippen LogP contribution in [0.5, 0.6) is 5.75 Å². The van der Waals surface area contributed by atoms with Gasteiger partial charge in [0.25, 0.3) is 5.91 Å². The van der Waals surface area contributed by atoms with Gasteiger partial charge in [0.15, 0.2) is 6.61 Å². The van der Waals surface area contributed by atoms with E-state index in [-0.39, 0.29) is 29.8 Å². The second-order valence-electron chi connectivity index (χ2n) is 7.70. The number of H-pyrrole nitrogens is 1. The van der Waals surface area contributed by atoms with Crippen molar-refractivity contribution in [2.24, 2.45) is 0 Å². The second-order valence-corrected chi connectivity index (χ2v) is 8.54. The Bertz CT molecular complexity index is 1360. The number of halogens is 3. The zero-order valence-corrected chi connectivity index (χ0v) is 19.9. The summed E-state index contributed by atoms with van der Waals surface area (Å²) in [6, 6.07) is 14.7. The van der Waals surface area contributed by atoms with Crippen LogP contribution in [0.2, 0.25) is 10.0 Å². The van der Waals surface area contributed by atoms with Crippen molar-refractivity contribution in [3.63, 3.8) is 0 Å². The lowest BCUT2D eigenvalue weighted by molar-refractivity contribution is -0.130. The van der Waals surface area contributed by atoms with Crippen LogP contribution in [0, 0.1) is 5.82 Å². The van der Waals surface area contributed by atoms with Gasteiger partial charge in [-0.1, -0.05) is 29.3 Å². The number of aryl methyl sites for hydroxylation is 1. The van der Waals surface area contributed by atoms with Crippen molar-refractivity contribution in [2.75, 3.05) is 6.61 Å². The first-order valence-corrected chi connectivity index (χ1v) is 11.5. The third-order valence-corrected chi connectivity index (χ3v) is 5.74. The minimum Gasteiger partial charge on any atom is -0.482 e. The van der Waals surface area contributed by atoms with Crippen LogP contribution in [-0.2, 0) is 16.0 Å². The third kappa shape index (κ3) is 6.29. The highest BCUT2D eigenvalue weighted by Gasteiger charge is 2.15. The number of carbonyl (C=O) groups excluding carboxylic acids is 2. The summed E-state index contributed by atoms with van der Waals surface area (Å²) in [6.45, 7) is -0.337. The molecule has 0 fully saturated rings. The molecule has 0 bridgehead atoms. The number of ether oxygens (including phenoxy) is 1. The number of benzene rings is 2. The molecule has 0 atom stereocenters. The van der Waals surface area contributed by atoms with Crippen LogP contribution in [0.15, 0.2) is 60.8 Å². The number of amides is 2. The Hall–Kier alpha value is -3.62. The van der Waals surface area contributed by atoms with Gasteiger partial charge in [-0.3, -0.25) is 25.4 Å². The van der Waals surface area contributed by atoms with Crippen molar-refractivity contribution in [1.29, 1.82) is 0 Å². The number of nitrogens with zero attached hydrogens (tertiary/aromatic N) is 1. The topological polar surface area (TPSA) is 96.1 Å². The average Bonchev–Trinajstić information content (AvgIpc) is 3.20. The van der Waals surface area contributed by atoms with Gasteiger partial charge in [-0.2, -0.15) is 0 Å². The van der Waals surface area contributed by atoms with Crippen LogP contribution < -0.4 is 15.6 Å². The van der Waals surface area contributed by atoms with Crippen molar-refractivity contribution in [2.45, 2.75) is 19.3 Å². The molecule has 0 saturated carbocycles. The third-order valence-electron chi connectivity index (χ3n) is 5.21. The van der Waals surface area contributed by atoms with E-state index in [1.165, 1.54) is 18.2 Å². The van der Waals surface area contributed by atoms with E-state index in [2.05, 4.69) is 20.8 Å². The maximum atomic E-state index is 13.9. The highest BCUT2D eigenvalue weighted by molar-refractivity contribution is 6.35. The molecule has 0 aliphatic rings. The van der Waals surface area contributed by atoms with Crippen molar-refractivity contribution >= 4 is 45.9 Å². The van der Waals surface area contributed by atoms with Gasteiger partial charge in [-0.05, 0) is 66.9 Å². The van der Waals surface area contributed by atoms with Crippen LogP contribution in [0.1, 0.15) is 18.4 Å². The second kappa shape index (κ2) is 11.2. The SMILES string of the molecule is O=C(CCCc1c(-c2ccccn2)[nH]c2ccc(F)cc12)NNC(=O)COc1ccc(Cl)cc1Cl. The Balaban J connectivity index is 1.31. The lowest BCUT2D eigenvalue weighted by Gasteiger charge is -2.10. The van der Waals surface area contributed by atoms with E-state index in [9.17, 15) is 14.0 Å². The van der Waals surface area contributed by atoms with Crippen molar-refractivity contribution in [3.8, 4) is 17.1 Å². The summed E-state index contributed by atoms with van der Waals surface area (Å²) in [5.74, 6) is -0.952. The van der Waals surface area contributed by atoms with Crippen molar-refractivity contribution in [3.05, 3.63) is 82.2 Å². The van der Waals surface area contributed by atoms with E-state index in [0.717, 1.165) is 27.9 Å². The summed E-state index contributed by atoms with van der Waals surface area (Å²) in [5, 5.41) is 1.47. The van der Waals surface area contributed by atoms with Crippen molar-refractivity contribution < 1.29 is 18.7 Å². The number of pyridine rings is 1. The van der Waals surface area contributed by atoms with E-state index in [4.69, 9.17) is 27.9 Å². The van der Waals surface area contributed by atoms with Gasteiger partial charge >= 0.3 is 0 Å². The first-order valence-electron chi connectivity index (χ1n) is 10.8. The lowest BCUT2D eigenvalue weighted by Crippen LogP contribution is -2.43. The van der Waals surface area contributed by atoms with Crippen LogP contribution >= 0.6 is 23.2 Å². The maximum Gasteiger partial charge on any atom is 0.276 e. The summed E-state index contributed by atoms with van der Waals surface area (Å²) in [7, 11) is 0. The van der Waals surface area contributed by atoms with Gasteiger partial charge in [0.05, 0.1) is 16.4 Å². The summed E-state index contributed by atoms with van der Waals surface area (Å²) in [4.78, 5) is 31.9. The largest absolute Gasteiger partial charge is 0.482 e. The van der Waals surface area contributed by atoms with E-state index in [1.807, 2.05) is 18.2 Å². The molecule has 10 heteroatoms. The summed E-state index contributed by atoms with van der Waals surface area (Å²) < 4.78 is 19.2. The zero-order chi connectivity index (χ0) is 24.8. The number of fused-ring (bicyclic) bond motifs is 1. The lowest BCUT2D eigenvalue weighted by atomic mass is 10.0. The quantitative estimate of drug-likeness (QED) is 0.280. The number of aromatic nitrogens is 2. The number of hydrogen-bond acceptors (Lipinski definition) is 4. The minimum absolute atomic E-state index is 0.147. The number of aromatic amines is 1. The predicted octanol–water partition coefficient (Wildman–Crippen LogP) is 5.22. The monoisotopic (exact) mass is 514 g/mol. The standard InChI is InChI=1S/C25H21Cl2FN4O3/c26-15-7-10-22(19(27)12-15)35-14-24(34)32-31-23(33)6-3-4-17-18-13-16(28)8-9-20(18)30-25(17)21-5-1-2-11-29-21/h1-2,5,7-13,30H,3-4,6,14H2,(H,31,33)(H,32,34). The molecule has 0 aliphatic carbocycles. The Morgan fingerprint density at radius 3 is 2.63 bits per heavy atom. The Morgan fingerprint density at radius 2 is 1.86 bits per heavy atom. The van der Waals surface area contributed by atoms with Gasteiger partial charge < -0.3 is 9.72 Å². The first-order chi connectivity index (χ1) is 16.9. The number of carbonyl (C=O) groups is 2. The molecule has 4 aromatic rings. The van der Waals surface area contributed by atoms with Gasteiger partial charge in [0.2, 0.25) is 5.91 Å². The normalized spacial score (nSPS) is 10.8. The molecular formula is C25H21Cl2FN4O3. The fourth-order valence-electron chi connectivity index (χ4n) is 3.61. The van der Waals surface area contributed by atoms with Gasteiger partial charge in [-0.15, -0.1) is 0 Å². The van der Waals surface area contributed by atoms with Crippen LogP contribution in [0.4, 0.5) is 4.39 Å². The molecule has 2 amide bonds. The molecule has 0 spiro atoms. The highest BCUT2D eigenvalue weighted by atomic mass is 35.5. The molecule has 0 unspecified atom stereocenters. The van der Waals surface area contributed by atoms with Gasteiger partial charge in [0, 0.05) is 28.5 Å². The minimum atomic E-state index is -0.547. The van der Waals surface area contributed by atoms with Crippen LogP contribution in [-0.4, -0.2) is 28.4 Å². The molecule has 2 heterocycles. The van der Waals surface area contributed by atoms with Gasteiger partial charge in [-0.25, -0.2) is 4.39 Å². The molecule has 2 aromatic carbocycles. The molecule has 4 rings (SSSR count). The number of hydrazine groups is 1. The number of hydrogen-bond donors (Lipinski definition) is 3. The molecular weight excluding hydrogens is 494 g/mol. The molecule has 2 aromatic heterocycles. The van der Waals surface area contributed by atoms with E-state index in [1.54, 1.807) is 24.4 Å². The van der Waals surface area contributed by atoms with E-state index < -0.39 is 5.91 Å². The Kier molecular flexibility index (Phi) is 7.84. The first kappa shape index (κ1) is 24.5. The summed E-state index contributed by atoms with van der Waals surface area (Å²) in [5.41, 5.74) is 7.86. The van der Waals surface area contributed by atoms with Gasteiger partial charge in [0.1, 0.15) is 11.6 Å². The van der Waals surface area contributed by atoms with Crippen molar-refractivity contribution in [1.82, 2.24) is 20.8 Å². The van der Waals surface area contributed by atoms with Crippen LogP contribution in [0.25, 0.3) is 22.3 Å². The Morgan fingerprint density at radius 1 is 1.03 bits per heavy atom. The number of nitrogens with one attached hydrogen (secondary N) is 3. The Labute approximate surface area is 210 Å². The molecule has 7 nitrogen and oxygen atoms in total. The zero-order valence-electron chi connectivity index (χ0n) is 18.4. The molecule has 180 valence electrons. The molecule has 0 saturated heterocycles. The smallest absolute Gasteiger partial charge is 0.276 e. The van der Waals surface area contributed by atoms with E-state index in [0.29, 0.717) is 23.6 Å². The fraction of sp³-hybridized carbons (Fsp3) is 0.160. The fourth-order valence-corrected chi connectivity index (χ4v) is 4.07. The average molecular weight is 515 g/mol. The maximum absolute atomic E-state index is 13.9. The van der Waals surface area contributed by atoms with E-state index >= 15 is 0 Å². The molecule has 3 N–H and O–H groups in total. The summed E-state index contributed by atoms with van der Waals surface area (Å²) >= 11 is 11.8.